The van der Waals surface area contributed by atoms with Gasteiger partial charge in [0.1, 0.15) is 5.82 Å². The second kappa shape index (κ2) is 6.70. The Morgan fingerprint density at radius 1 is 1.48 bits per heavy atom. The van der Waals surface area contributed by atoms with Crippen molar-refractivity contribution in [3.05, 3.63) is 35.6 Å². The minimum atomic E-state index is -0.842. The first-order valence-corrected chi connectivity index (χ1v) is 7.23. The fraction of sp³-hybridized carbons (Fsp3) is 0.500. The highest BCUT2D eigenvalue weighted by atomic mass is 19.1. The Hall–Kier alpha value is -1.91. The van der Waals surface area contributed by atoms with Crippen molar-refractivity contribution in [2.45, 2.75) is 32.1 Å². The fourth-order valence-corrected chi connectivity index (χ4v) is 2.73. The Kier molecular flexibility index (Phi) is 4.94. The van der Waals surface area contributed by atoms with Crippen LogP contribution in [0.5, 0.6) is 0 Å². The van der Waals surface area contributed by atoms with Crippen LogP contribution in [0.2, 0.25) is 0 Å². The zero-order valence-corrected chi connectivity index (χ0v) is 12.1. The van der Waals surface area contributed by atoms with Crippen LogP contribution >= 0.6 is 0 Å². The first-order valence-electron chi connectivity index (χ1n) is 7.23. The lowest BCUT2D eigenvalue weighted by atomic mass is 9.94. The van der Waals surface area contributed by atoms with Gasteiger partial charge in [-0.15, -0.1) is 0 Å². The van der Waals surface area contributed by atoms with Gasteiger partial charge >= 0.3 is 5.97 Å². The van der Waals surface area contributed by atoms with E-state index in [9.17, 15) is 14.0 Å². The van der Waals surface area contributed by atoms with Gasteiger partial charge in [0.15, 0.2) is 0 Å². The monoisotopic (exact) mass is 293 g/mol. The normalized spacial score (nSPS) is 20.1. The lowest BCUT2D eigenvalue weighted by molar-refractivity contribution is -0.145. The van der Waals surface area contributed by atoms with Crippen LogP contribution in [-0.2, 0) is 9.59 Å². The standard InChI is InChI=1S/C16H20FNO3/c1-11(12-4-2-6-14(17)9-12)8-15(19)18-7-3-5-13(10-18)16(20)21/h2,4,6,9,11,13H,3,5,7-8,10H2,1H3,(H,20,21)/t11?,13-/m0/s1. The van der Waals surface area contributed by atoms with Crippen molar-refractivity contribution >= 4 is 11.9 Å². The molecule has 1 aliphatic heterocycles. The number of aliphatic carboxylic acids is 1. The summed E-state index contributed by atoms with van der Waals surface area (Å²) in [5.41, 5.74) is 0.787. The second-order valence-electron chi connectivity index (χ2n) is 5.68. The van der Waals surface area contributed by atoms with E-state index in [0.717, 1.165) is 12.0 Å². The number of hydrogen-bond acceptors (Lipinski definition) is 2. The third-order valence-corrected chi connectivity index (χ3v) is 4.02. The van der Waals surface area contributed by atoms with E-state index in [-0.39, 0.29) is 30.6 Å². The van der Waals surface area contributed by atoms with Crippen molar-refractivity contribution in [3.63, 3.8) is 0 Å². The zero-order chi connectivity index (χ0) is 15.4. The molecule has 21 heavy (non-hydrogen) atoms. The molecule has 2 atom stereocenters. The first-order chi connectivity index (χ1) is 9.97. The van der Waals surface area contributed by atoms with Crippen LogP contribution in [0.15, 0.2) is 24.3 Å². The number of nitrogens with zero attached hydrogens (tertiary/aromatic N) is 1. The van der Waals surface area contributed by atoms with Crippen molar-refractivity contribution in [1.82, 2.24) is 4.90 Å². The quantitative estimate of drug-likeness (QED) is 0.928. The number of halogens is 1. The van der Waals surface area contributed by atoms with Gasteiger partial charge in [-0.25, -0.2) is 4.39 Å². The molecule has 0 aromatic heterocycles. The Morgan fingerprint density at radius 2 is 2.24 bits per heavy atom. The number of carbonyl (C=O) groups is 2. The molecule has 1 N–H and O–H groups in total. The lowest BCUT2D eigenvalue weighted by Gasteiger charge is -2.31. The summed E-state index contributed by atoms with van der Waals surface area (Å²) < 4.78 is 13.2. The minimum absolute atomic E-state index is 0.0577. The number of piperidine rings is 1. The van der Waals surface area contributed by atoms with Crippen molar-refractivity contribution in [3.8, 4) is 0 Å². The van der Waals surface area contributed by atoms with Gasteiger partial charge in [0.2, 0.25) is 5.91 Å². The van der Waals surface area contributed by atoms with E-state index in [2.05, 4.69) is 0 Å². The average molecular weight is 293 g/mol. The van der Waals surface area contributed by atoms with Gasteiger partial charge in [-0.2, -0.15) is 0 Å². The van der Waals surface area contributed by atoms with Crippen LogP contribution in [0.3, 0.4) is 0 Å². The van der Waals surface area contributed by atoms with E-state index in [1.165, 1.54) is 12.1 Å². The highest BCUT2D eigenvalue weighted by Crippen LogP contribution is 2.23. The maximum Gasteiger partial charge on any atom is 0.308 e. The number of likely N-dealkylation sites (tertiary alicyclic amines) is 1. The number of carboxylic acid groups (broad SMARTS) is 1. The van der Waals surface area contributed by atoms with Crippen molar-refractivity contribution < 1.29 is 19.1 Å². The topological polar surface area (TPSA) is 57.6 Å². The molecule has 0 saturated carbocycles. The molecule has 1 fully saturated rings. The zero-order valence-electron chi connectivity index (χ0n) is 12.1. The van der Waals surface area contributed by atoms with E-state index in [4.69, 9.17) is 5.11 Å². The third-order valence-electron chi connectivity index (χ3n) is 4.02. The van der Waals surface area contributed by atoms with Gasteiger partial charge in [0.05, 0.1) is 5.92 Å². The summed E-state index contributed by atoms with van der Waals surface area (Å²) in [6, 6.07) is 6.25. The Morgan fingerprint density at radius 3 is 2.90 bits per heavy atom. The summed E-state index contributed by atoms with van der Waals surface area (Å²) in [6.45, 7) is 2.77. The van der Waals surface area contributed by atoms with Crippen molar-refractivity contribution in [2.75, 3.05) is 13.1 Å². The Bertz CT molecular complexity index is 532. The highest BCUT2D eigenvalue weighted by molar-refractivity contribution is 5.78. The molecule has 0 bridgehead atoms. The SMILES string of the molecule is CC(CC(=O)N1CCC[C@H](C(=O)O)C1)c1cccc(F)c1. The third kappa shape index (κ3) is 4.03. The summed E-state index contributed by atoms with van der Waals surface area (Å²) >= 11 is 0. The molecule has 1 aliphatic rings. The summed E-state index contributed by atoms with van der Waals surface area (Å²) in [7, 11) is 0. The smallest absolute Gasteiger partial charge is 0.308 e. The van der Waals surface area contributed by atoms with E-state index in [1.807, 2.05) is 6.92 Å². The number of benzene rings is 1. The highest BCUT2D eigenvalue weighted by Gasteiger charge is 2.28. The van der Waals surface area contributed by atoms with Gasteiger partial charge in [0.25, 0.3) is 0 Å². The molecular weight excluding hydrogens is 273 g/mol. The van der Waals surface area contributed by atoms with Crippen molar-refractivity contribution in [2.24, 2.45) is 5.92 Å². The van der Waals surface area contributed by atoms with Gasteiger partial charge in [-0.05, 0) is 36.5 Å². The van der Waals surface area contributed by atoms with Crippen LogP contribution < -0.4 is 0 Å². The van der Waals surface area contributed by atoms with Crippen LogP contribution in [0, 0.1) is 11.7 Å². The predicted octanol–water partition coefficient (Wildman–Crippen LogP) is 2.64. The van der Waals surface area contributed by atoms with Gasteiger partial charge in [0, 0.05) is 19.5 Å². The molecular formula is C16H20FNO3. The molecule has 1 unspecified atom stereocenters. The molecule has 1 aromatic rings. The molecule has 1 aromatic carbocycles. The predicted molar refractivity (Wildman–Crippen MR) is 76.4 cm³/mol. The fourth-order valence-electron chi connectivity index (χ4n) is 2.73. The maximum absolute atomic E-state index is 13.2. The van der Waals surface area contributed by atoms with E-state index >= 15 is 0 Å². The van der Waals surface area contributed by atoms with Crippen LogP contribution in [0.1, 0.15) is 37.7 Å². The molecule has 114 valence electrons. The molecule has 1 amide bonds. The van der Waals surface area contributed by atoms with Crippen molar-refractivity contribution in [1.29, 1.82) is 0 Å². The number of carbonyl (C=O) groups excluding carboxylic acids is 1. The average Bonchev–Trinajstić information content (AvgIpc) is 2.47. The lowest BCUT2D eigenvalue weighted by Crippen LogP contribution is -2.42. The Balaban J connectivity index is 1.96. The first kappa shape index (κ1) is 15.5. The molecule has 1 saturated heterocycles. The van der Waals surface area contributed by atoms with Crippen LogP contribution in [-0.4, -0.2) is 35.0 Å². The minimum Gasteiger partial charge on any atom is -0.481 e. The Labute approximate surface area is 123 Å². The molecule has 0 aliphatic carbocycles. The molecule has 0 spiro atoms. The summed E-state index contributed by atoms with van der Waals surface area (Å²) in [4.78, 5) is 24.9. The molecule has 1 heterocycles. The number of rotatable bonds is 4. The van der Waals surface area contributed by atoms with E-state index in [0.29, 0.717) is 13.0 Å². The summed E-state index contributed by atoms with van der Waals surface area (Å²) in [5.74, 6) is -1.76. The van der Waals surface area contributed by atoms with Gasteiger partial charge in [-0.1, -0.05) is 19.1 Å². The largest absolute Gasteiger partial charge is 0.481 e. The number of carboxylic acids is 1. The van der Waals surface area contributed by atoms with Gasteiger partial charge in [-0.3, -0.25) is 9.59 Å². The maximum atomic E-state index is 13.2. The van der Waals surface area contributed by atoms with Crippen LogP contribution in [0.4, 0.5) is 4.39 Å². The summed E-state index contributed by atoms with van der Waals surface area (Å²) in [6.07, 6.45) is 1.62. The van der Waals surface area contributed by atoms with E-state index in [1.54, 1.807) is 17.0 Å². The van der Waals surface area contributed by atoms with Crippen LogP contribution in [0.25, 0.3) is 0 Å². The number of hydrogen-bond donors (Lipinski definition) is 1. The second-order valence-corrected chi connectivity index (χ2v) is 5.68. The molecule has 0 radical (unpaired) electrons. The summed E-state index contributed by atoms with van der Waals surface area (Å²) in [5, 5.41) is 9.05. The van der Waals surface area contributed by atoms with E-state index < -0.39 is 11.9 Å². The van der Waals surface area contributed by atoms with Gasteiger partial charge < -0.3 is 10.0 Å². The number of amides is 1. The molecule has 2 rings (SSSR count). The molecule has 4 nitrogen and oxygen atoms in total. The molecule has 5 heteroatoms.